The van der Waals surface area contributed by atoms with Gasteiger partial charge in [-0.25, -0.2) is 9.78 Å². The Labute approximate surface area is 186 Å². The molecule has 11 heteroatoms. The molecule has 1 unspecified atom stereocenters. The molecule has 0 spiro atoms. The van der Waals surface area contributed by atoms with E-state index in [1.54, 1.807) is 17.4 Å². The summed E-state index contributed by atoms with van der Waals surface area (Å²) < 4.78 is 11.3. The highest BCUT2D eigenvalue weighted by atomic mass is 32.2. The van der Waals surface area contributed by atoms with Gasteiger partial charge in [-0.1, -0.05) is 30.0 Å². The maximum absolute atomic E-state index is 12.0. The van der Waals surface area contributed by atoms with Gasteiger partial charge in [-0.3, -0.25) is 15.2 Å². The number of carbonyl (C=O) groups excluding carboxylic acids is 2. The van der Waals surface area contributed by atoms with Crippen LogP contribution in [-0.2, 0) is 4.79 Å². The lowest BCUT2D eigenvalue weighted by Gasteiger charge is -2.26. The van der Waals surface area contributed by atoms with E-state index in [2.05, 4.69) is 25.8 Å². The third-order valence-electron chi connectivity index (χ3n) is 4.07. The molecule has 0 aliphatic carbocycles. The second-order valence-electron chi connectivity index (χ2n) is 6.40. The Kier molecular flexibility index (Phi) is 6.85. The number of para-hydroxylation sites is 2. The maximum Gasteiger partial charge on any atom is 0.321 e. The summed E-state index contributed by atoms with van der Waals surface area (Å²) in [5.41, 5.74) is 0. The summed E-state index contributed by atoms with van der Waals surface area (Å²) in [5, 5.41) is 14.2. The van der Waals surface area contributed by atoms with Gasteiger partial charge in [0.1, 0.15) is 12.4 Å². The summed E-state index contributed by atoms with van der Waals surface area (Å²) in [7, 11) is 0. The van der Waals surface area contributed by atoms with Crippen molar-refractivity contribution in [3.05, 3.63) is 52.5 Å². The van der Waals surface area contributed by atoms with Crippen LogP contribution in [0.1, 0.15) is 10.7 Å². The minimum atomic E-state index is -0.595. The lowest BCUT2D eigenvalue weighted by atomic mass is 10.2. The molecule has 3 N–H and O–H groups in total. The topological polar surface area (TPSA) is 118 Å². The molecule has 0 bridgehead atoms. The van der Waals surface area contributed by atoms with E-state index >= 15 is 0 Å². The largest absolute Gasteiger partial charge is 0.486 e. The molecule has 3 heterocycles. The van der Waals surface area contributed by atoms with Crippen LogP contribution >= 0.6 is 23.1 Å². The number of thiophene rings is 1. The van der Waals surface area contributed by atoms with Crippen molar-refractivity contribution in [3.63, 3.8) is 0 Å². The molecule has 31 heavy (non-hydrogen) atoms. The van der Waals surface area contributed by atoms with Crippen molar-refractivity contribution in [2.45, 2.75) is 11.3 Å². The van der Waals surface area contributed by atoms with Gasteiger partial charge in [0.05, 0.1) is 12.3 Å². The SMILES string of the molecule is O=C(CSc1n[nH]c(/C=C/c2cccs2)n1)NC(=O)NCC1COc2ccccc2O1. The number of rotatable bonds is 7. The van der Waals surface area contributed by atoms with Crippen molar-refractivity contribution in [1.82, 2.24) is 25.8 Å². The molecule has 1 aliphatic heterocycles. The zero-order valence-corrected chi connectivity index (χ0v) is 17.9. The van der Waals surface area contributed by atoms with E-state index in [1.807, 2.05) is 47.9 Å². The normalized spacial score (nSPS) is 15.0. The number of urea groups is 1. The Hall–Kier alpha value is -3.31. The predicted octanol–water partition coefficient (Wildman–Crippen LogP) is 2.79. The monoisotopic (exact) mass is 457 g/mol. The molecule has 0 saturated carbocycles. The fourth-order valence-corrected chi connectivity index (χ4v) is 3.88. The molecule has 9 nitrogen and oxygen atoms in total. The first-order chi connectivity index (χ1) is 15.2. The summed E-state index contributed by atoms with van der Waals surface area (Å²) in [6.45, 7) is 0.524. The summed E-state index contributed by atoms with van der Waals surface area (Å²) >= 11 is 2.75. The summed E-state index contributed by atoms with van der Waals surface area (Å²) in [4.78, 5) is 29.3. The molecule has 2 aromatic heterocycles. The van der Waals surface area contributed by atoms with E-state index in [0.29, 0.717) is 29.1 Å². The number of thioether (sulfide) groups is 1. The number of hydrogen-bond acceptors (Lipinski definition) is 8. The van der Waals surface area contributed by atoms with Crippen LogP contribution in [0.25, 0.3) is 12.2 Å². The molecule has 0 saturated heterocycles. The van der Waals surface area contributed by atoms with Gasteiger partial charge in [0, 0.05) is 4.88 Å². The summed E-state index contributed by atoms with van der Waals surface area (Å²) in [6.07, 6.45) is 3.40. The van der Waals surface area contributed by atoms with Gasteiger partial charge in [-0.2, -0.15) is 0 Å². The fraction of sp³-hybridized carbons (Fsp3) is 0.200. The first-order valence-corrected chi connectivity index (χ1v) is 11.3. The van der Waals surface area contributed by atoms with Gasteiger partial charge in [-0.15, -0.1) is 16.4 Å². The molecule has 4 rings (SSSR count). The number of H-pyrrole nitrogens is 1. The number of aromatic amines is 1. The molecule has 0 fully saturated rings. The third kappa shape index (κ3) is 6.09. The number of ether oxygens (including phenoxy) is 2. The summed E-state index contributed by atoms with van der Waals surface area (Å²) in [6, 6.07) is 10.7. The lowest BCUT2D eigenvalue weighted by molar-refractivity contribution is -0.117. The van der Waals surface area contributed by atoms with Crippen LogP contribution in [0.15, 0.2) is 46.9 Å². The number of carbonyl (C=O) groups is 2. The van der Waals surface area contributed by atoms with Crippen molar-refractivity contribution >= 4 is 47.2 Å². The molecule has 160 valence electrons. The molecule has 1 aliphatic rings. The van der Waals surface area contributed by atoms with Crippen LogP contribution in [-0.4, -0.2) is 52.1 Å². The number of nitrogens with one attached hydrogen (secondary N) is 3. The van der Waals surface area contributed by atoms with Crippen LogP contribution in [0.2, 0.25) is 0 Å². The van der Waals surface area contributed by atoms with E-state index < -0.39 is 11.9 Å². The number of amides is 3. The number of imide groups is 1. The fourth-order valence-electron chi connectivity index (χ4n) is 2.65. The number of benzene rings is 1. The smallest absolute Gasteiger partial charge is 0.321 e. The minimum absolute atomic E-state index is 0.00969. The zero-order valence-electron chi connectivity index (χ0n) is 16.2. The molecule has 1 aromatic carbocycles. The third-order valence-corrected chi connectivity index (χ3v) is 5.76. The van der Waals surface area contributed by atoms with E-state index in [4.69, 9.17) is 9.47 Å². The highest BCUT2D eigenvalue weighted by Gasteiger charge is 2.21. The quantitative estimate of drug-likeness (QED) is 0.467. The van der Waals surface area contributed by atoms with Crippen LogP contribution < -0.4 is 20.1 Å². The van der Waals surface area contributed by atoms with Gasteiger partial charge in [0.25, 0.3) is 0 Å². The van der Waals surface area contributed by atoms with Gasteiger partial charge >= 0.3 is 6.03 Å². The van der Waals surface area contributed by atoms with Crippen molar-refractivity contribution in [2.75, 3.05) is 18.9 Å². The molecular weight excluding hydrogens is 438 g/mol. The Morgan fingerprint density at radius 3 is 2.94 bits per heavy atom. The minimum Gasteiger partial charge on any atom is -0.486 e. The van der Waals surface area contributed by atoms with E-state index in [9.17, 15) is 9.59 Å². The number of nitrogens with zero attached hydrogens (tertiary/aromatic N) is 2. The molecular formula is C20H19N5O4S2. The molecule has 3 aromatic rings. The van der Waals surface area contributed by atoms with Gasteiger partial charge in [-0.05, 0) is 35.7 Å². The Bertz CT molecular complexity index is 1070. The van der Waals surface area contributed by atoms with Crippen LogP contribution in [0.4, 0.5) is 4.79 Å². The van der Waals surface area contributed by atoms with Crippen molar-refractivity contribution < 1.29 is 19.1 Å². The lowest BCUT2D eigenvalue weighted by Crippen LogP contribution is -2.46. The van der Waals surface area contributed by atoms with Crippen LogP contribution in [0.5, 0.6) is 11.5 Å². The average molecular weight is 458 g/mol. The Morgan fingerprint density at radius 1 is 1.23 bits per heavy atom. The van der Waals surface area contributed by atoms with Crippen LogP contribution in [0, 0.1) is 0 Å². The Balaban J connectivity index is 1.16. The van der Waals surface area contributed by atoms with Gasteiger partial charge in [0.15, 0.2) is 17.6 Å². The van der Waals surface area contributed by atoms with E-state index in [1.165, 1.54) is 0 Å². The average Bonchev–Trinajstić information content (AvgIpc) is 3.46. The number of hydrogen-bond donors (Lipinski definition) is 3. The molecule has 0 radical (unpaired) electrons. The molecule has 1 atom stereocenters. The van der Waals surface area contributed by atoms with Crippen molar-refractivity contribution in [2.24, 2.45) is 0 Å². The van der Waals surface area contributed by atoms with Crippen molar-refractivity contribution in [1.29, 1.82) is 0 Å². The number of aromatic nitrogens is 3. The predicted molar refractivity (Wildman–Crippen MR) is 118 cm³/mol. The zero-order chi connectivity index (χ0) is 21.5. The van der Waals surface area contributed by atoms with Crippen LogP contribution in [0.3, 0.4) is 0 Å². The first-order valence-electron chi connectivity index (χ1n) is 9.38. The second kappa shape index (κ2) is 10.1. The standard InChI is InChI=1S/C20H19N5O4S2/c26-18(12-31-20-22-17(24-25-20)8-7-14-4-3-9-30-14)23-19(27)21-10-13-11-28-15-5-1-2-6-16(15)29-13/h1-9,13H,10-12H2,(H,22,24,25)(H2,21,23,26,27)/b8-7+. The van der Waals surface area contributed by atoms with Gasteiger partial charge in [0.2, 0.25) is 11.1 Å². The van der Waals surface area contributed by atoms with Gasteiger partial charge < -0.3 is 14.8 Å². The first kappa shape index (κ1) is 20.9. The van der Waals surface area contributed by atoms with E-state index in [-0.39, 0.29) is 18.4 Å². The number of fused-ring (bicyclic) bond motifs is 1. The van der Waals surface area contributed by atoms with E-state index in [0.717, 1.165) is 16.6 Å². The highest BCUT2D eigenvalue weighted by molar-refractivity contribution is 7.99. The molecule has 3 amide bonds. The maximum atomic E-state index is 12.0. The highest BCUT2D eigenvalue weighted by Crippen LogP contribution is 2.30. The summed E-state index contributed by atoms with van der Waals surface area (Å²) in [5.74, 6) is 1.45. The second-order valence-corrected chi connectivity index (χ2v) is 8.32. The van der Waals surface area contributed by atoms with Crippen molar-refractivity contribution in [3.8, 4) is 11.5 Å². The Morgan fingerprint density at radius 2 is 2.10 bits per heavy atom.